The molecule has 2 atom stereocenters. The van der Waals surface area contributed by atoms with E-state index in [1.807, 2.05) is 0 Å². The van der Waals surface area contributed by atoms with Crippen molar-refractivity contribution in [2.75, 3.05) is 52.6 Å². The molecule has 2 fully saturated rings. The van der Waals surface area contributed by atoms with Crippen molar-refractivity contribution in [2.24, 2.45) is 0 Å². The Kier molecular flexibility index (Phi) is 4.33. The van der Waals surface area contributed by atoms with Gasteiger partial charge in [0.1, 0.15) is 24.0 Å². The summed E-state index contributed by atoms with van der Waals surface area (Å²) in [5.41, 5.74) is 4.40. The van der Waals surface area contributed by atoms with Gasteiger partial charge in [-0.15, -0.1) is 0 Å². The Morgan fingerprint density at radius 3 is 1.44 bits per heavy atom. The second-order valence-electron chi connectivity index (χ2n) is 8.70. The second-order valence-corrected chi connectivity index (χ2v) is 8.70. The van der Waals surface area contributed by atoms with Crippen molar-refractivity contribution in [3.05, 3.63) is 60.2 Å². The lowest BCUT2D eigenvalue weighted by Gasteiger charge is -2.43. The maximum Gasteiger partial charge on any atom is 0.150 e. The summed E-state index contributed by atoms with van der Waals surface area (Å²) >= 11 is 0. The van der Waals surface area contributed by atoms with Gasteiger partial charge >= 0.3 is 0 Å². The highest BCUT2D eigenvalue weighted by Crippen LogP contribution is 2.42. The molecule has 8 nitrogen and oxygen atoms in total. The van der Waals surface area contributed by atoms with E-state index in [1.165, 1.54) is 0 Å². The summed E-state index contributed by atoms with van der Waals surface area (Å²) in [5.74, 6) is 2.17. The molecule has 2 saturated heterocycles. The van der Waals surface area contributed by atoms with Crippen LogP contribution >= 0.6 is 0 Å². The summed E-state index contributed by atoms with van der Waals surface area (Å²) in [5, 5.41) is 0. The molecular formula is C24H26N6O2. The third-order valence-electron chi connectivity index (χ3n) is 6.98. The lowest BCUT2D eigenvalue weighted by molar-refractivity contribution is -0.0157. The van der Waals surface area contributed by atoms with Crippen molar-refractivity contribution >= 4 is 22.1 Å². The fourth-order valence-electron chi connectivity index (χ4n) is 5.53. The Bertz CT molecular complexity index is 1180. The maximum atomic E-state index is 5.69. The number of ether oxygens (including phenoxy) is 2. The summed E-state index contributed by atoms with van der Waals surface area (Å²) in [6.07, 6.45) is -0.0167. The van der Waals surface area contributed by atoms with Gasteiger partial charge in [-0.1, -0.05) is 24.3 Å². The predicted molar refractivity (Wildman–Crippen MR) is 121 cm³/mol. The quantitative estimate of drug-likeness (QED) is 0.487. The molecule has 0 saturated carbocycles. The molecule has 3 aliphatic heterocycles. The van der Waals surface area contributed by atoms with Crippen LogP contribution in [0.4, 0.5) is 0 Å². The molecule has 0 spiro atoms. The minimum atomic E-state index is -0.00834. The standard InChI is InChI=1S/C24H26N6O2/c1-3-7-19-17(5-1)25-21-23(27-9-13-31-14-10-27)30-20-8-4-2-6-18(20)26-22(30)24(29(19)21)28-11-15-32-16-12-28/h1-8,23-24H,9-16H2/t23-,24-/m0/s1. The lowest BCUT2D eigenvalue weighted by Crippen LogP contribution is -2.50. The van der Waals surface area contributed by atoms with Crippen molar-refractivity contribution < 1.29 is 9.47 Å². The number of imidazole rings is 2. The van der Waals surface area contributed by atoms with E-state index in [-0.39, 0.29) is 12.3 Å². The van der Waals surface area contributed by atoms with Crippen LogP contribution in [0.5, 0.6) is 0 Å². The highest BCUT2D eigenvalue weighted by Gasteiger charge is 2.42. The van der Waals surface area contributed by atoms with Gasteiger partial charge in [-0.25, -0.2) is 9.97 Å². The monoisotopic (exact) mass is 430 g/mol. The Morgan fingerprint density at radius 1 is 0.594 bits per heavy atom. The number of para-hydroxylation sites is 4. The smallest absolute Gasteiger partial charge is 0.150 e. The molecule has 4 aromatic rings. The van der Waals surface area contributed by atoms with E-state index in [0.29, 0.717) is 0 Å². The largest absolute Gasteiger partial charge is 0.379 e. The fraction of sp³-hybridized carbons (Fsp3) is 0.417. The zero-order chi connectivity index (χ0) is 21.1. The molecule has 3 aliphatic rings. The second kappa shape index (κ2) is 7.38. The van der Waals surface area contributed by atoms with E-state index < -0.39 is 0 Å². The van der Waals surface area contributed by atoms with Gasteiger partial charge in [0, 0.05) is 26.2 Å². The first-order valence-electron chi connectivity index (χ1n) is 11.5. The Balaban J connectivity index is 1.53. The summed E-state index contributed by atoms with van der Waals surface area (Å²) in [6.45, 7) is 6.47. The normalized spacial score (nSPS) is 24.6. The third kappa shape index (κ3) is 2.70. The number of morpholine rings is 2. The molecule has 5 heterocycles. The van der Waals surface area contributed by atoms with E-state index in [2.05, 4.69) is 67.5 Å². The molecule has 0 aliphatic carbocycles. The summed E-state index contributed by atoms with van der Waals surface area (Å²) in [7, 11) is 0. The number of nitrogens with zero attached hydrogens (tertiary/aromatic N) is 6. The number of rotatable bonds is 2. The molecule has 0 bridgehead atoms. The Morgan fingerprint density at radius 2 is 1.00 bits per heavy atom. The molecular weight excluding hydrogens is 404 g/mol. The van der Waals surface area contributed by atoms with Gasteiger partial charge in [0.15, 0.2) is 0 Å². The highest BCUT2D eigenvalue weighted by atomic mass is 16.5. The van der Waals surface area contributed by atoms with Gasteiger partial charge in [0.25, 0.3) is 0 Å². The van der Waals surface area contributed by atoms with Crippen LogP contribution < -0.4 is 0 Å². The van der Waals surface area contributed by atoms with Crippen LogP contribution in [-0.2, 0) is 9.47 Å². The van der Waals surface area contributed by atoms with E-state index >= 15 is 0 Å². The molecule has 2 aromatic heterocycles. The summed E-state index contributed by atoms with van der Waals surface area (Å²) in [4.78, 5) is 15.4. The molecule has 8 heteroatoms. The zero-order valence-electron chi connectivity index (χ0n) is 17.9. The van der Waals surface area contributed by atoms with Gasteiger partial charge in [0.05, 0.1) is 48.5 Å². The van der Waals surface area contributed by atoms with Crippen molar-refractivity contribution in [1.29, 1.82) is 0 Å². The molecule has 2 aromatic carbocycles. The molecule has 164 valence electrons. The molecule has 7 rings (SSSR count). The van der Waals surface area contributed by atoms with Gasteiger partial charge in [-0.2, -0.15) is 0 Å². The third-order valence-corrected chi connectivity index (χ3v) is 6.98. The number of fused-ring (bicyclic) bond motifs is 6. The zero-order valence-corrected chi connectivity index (χ0v) is 17.9. The van der Waals surface area contributed by atoms with Crippen LogP contribution in [0.15, 0.2) is 48.5 Å². The molecule has 0 amide bonds. The predicted octanol–water partition coefficient (Wildman–Crippen LogP) is 2.46. The topological polar surface area (TPSA) is 60.6 Å². The van der Waals surface area contributed by atoms with E-state index in [9.17, 15) is 0 Å². The lowest BCUT2D eigenvalue weighted by atomic mass is 10.2. The van der Waals surface area contributed by atoms with Crippen LogP contribution in [-0.4, -0.2) is 81.5 Å². The summed E-state index contributed by atoms with van der Waals surface area (Å²) < 4.78 is 16.3. The highest BCUT2D eigenvalue weighted by molar-refractivity contribution is 5.79. The van der Waals surface area contributed by atoms with Crippen LogP contribution in [0, 0.1) is 0 Å². The summed E-state index contributed by atoms with van der Waals surface area (Å²) in [6, 6.07) is 17.0. The first kappa shape index (κ1) is 18.8. The Hall–Kier alpha value is -2.78. The van der Waals surface area contributed by atoms with Crippen LogP contribution in [0.2, 0.25) is 0 Å². The van der Waals surface area contributed by atoms with Crippen molar-refractivity contribution in [2.45, 2.75) is 12.3 Å². The van der Waals surface area contributed by atoms with Crippen LogP contribution in [0.1, 0.15) is 24.0 Å². The first-order chi connectivity index (χ1) is 15.9. The number of aromatic nitrogens is 4. The number of hydrogen-bond donors (Lipinski definition) is 0. The molecule has 0 N–H and O–H groups in total. The number of hydrogen-bond acceptors (Lipinski definition) is 6. The minimum absolute atomic E-state index is 0.00834. The van der Waals surface area contributed by atoms with Gasteiger partial charge < -0.3 is 18.6 Å². The molecule has 32 heavy (non-hydrogen) atoms. The minimum Gasteiger partial charge on any atom is -0.379 e. The van der Waals surface area contributed by atoms with E-state index in [1.54, 1.807) is 0 Å². The molecule has 0 radical (unpaired) electrons. The fourth-order valence-corrected chi connectivity index (χ4v) is 5.53. The average molecular weight is 431 g/mol. The number of benzene rings is 2. The van der Waals surface area contributed by atoms with E-state index in [4.69, 9.17) is 19.4 Å². The van der Waals surface area contributed by atoms with Crippen LogP contribution in [0.3, 0.4) is 0 Å². The SMILES string of the molecule is c1ccc2c(c1)nc1n2[C@H](N2CCOCC2)c2nc3ccccc3n2[C@@H]1N1CCOCC1. The van der Waals surface area contributed by atoms with Gasteiger partial charge in [-0.05, 0) is 24.3 Å². The molecule has 0 unspecified atom stereocenters. The van der Waals surface area contributed by atoms with Gasteiger partial charge in [-0.3, -0.25) is 9.80 Å². The van der Waals surface area contributed by atoms with Crippen molar-refractivity contribution in [1.82, 2.24) is 28.9 Å². The Labute approximate surface area is 186 Å². The maximum absolute atomic E-state index is 5.69. The van der Waals surface area contributed by atoms with Gasteiger partial charge in [0.2, 0.25) is 0 Å². The average Bonchev–Trinajstić information content (AvgIpc) is 3.42. The van der Waals surface area contributed by atoms with Crippen molar-refractivity contribution in [3.63, 3.8) is 0 Å². The van der Waals surface area contributed by atoms with Crippen molar-refractivity contribution in [3.8, 4) is 0 Å². The van der Waals surface area contributed by atoms with E-state index in [0.717, 1.165) is 86.3 Å². The first-order valence-corrected chi connectivity index (χ1v) is 11.5. The van der Waals surface area contributed by atoms with Crippen LogP contribution in [0.25, 0.3) is 22.1 Å².